The summed E-state index contributed by atoms with van der Waals surface area (Å²) >= 11 is 0. The van der Waals surface area contributed by atoms with E-state index in [-0.39, 0.29) is 11.9 Å². The standard InChI is InChI=1S/C14H20N2O3/c1-19-11-7-9(6-10(15)8-11)14(18)16-12-4-2-3-5-13(12)17/h6-8,12-13,17H,2-5,15H2,1H3,(H,16,18). The molecule has 19 heavy (non-hydrogen) atoms. The van der Waals surface area contributed by atoms with Gasteiger partial charge in [0.2, 0.25) is 0 Å². The summed E-state index contributed by atoms with van der Waals surface area (Å²) in [7, 11) is 1.53. The summed E-state index contributed by atoms with van der Waals surface area (Å²) in [6.07, 6.45) is 3.14. The van der Waals surface area contributed by atoms with Crippen molar-refractivity contribution in [3.63, 3.8) is 0 Å². The van der Waals surface area contributed by atoms with Crippen LogP contribution in [-0.2, 0) is 0 Å². The minimum absolute atomic E-state index is 0.173. The maximum atomic E-state index is 12.1. The fourth-order valence-electron chi connectivity index (χ4n) is 2.40. The van der Waals surface area contributed by atoms with Gasteiger partial charge in [0.1, 0.15) is 5.75 Å². The highest BCUT2D eigenvalue weighted by atomic mass is 16.5. The third kappa shape index (κ3) is 3.38. The van der Waals surface area contributed by atoms with Crippen LogP contribution in [0.25, 0.3) is 0 Å². The zero-order valence-corrected chi connectivity index (χ0v) is 11.1. The predicted molar refractivity (Wildman–Crippen MR) is 73.1 cm³/mol. The van der Waals surface area contributed by atoms with Gasteiger partial charge in [0, 0.05) is 17.3 Å². The molecule has 1 aromatic rings. The molecule has 0 saturated heterocycles. The predicted octanol–water partition coefficient (Wildman–Crippen LogP) is 1.31. The lowest BCUT2D eigenvalue weighted by Crippen LogP contribution is -2.45. The number of nitrogens with one attached hydrogen (secondary N) is 1. The number of carbonyl (C=O) groups is 1. The van der Waals surface area contributed by atoms with Gasteiger partial charge in [0.15, 0.2) is 0 Å². The number of amides is 1. The Balaban J connectivity index is 2.08. The number of nitrogen functional groups attached to an aromatic ring is 1. The van der Waals surface area contributed by atoms with Gasteiger partial charge in [-0.15, -0.1) is 0 Å². The first-order valence-corrected chi connectivity index (χ1v) is 6.53. The van der Waals surface area contributed by atoms with Gasteiger partial charge in [0.05, 0.1) is 19.3 Å². The highest BCUT2D eigenvalue weighted by molar-refractivity contribution is 5.95. The number of hydrogen-bond donors (Lipinski definition) is 3. The molecule has 104 valence electrons. The Morgan fingerprint density at radius 1 is 1.37 bits per heavy atom. The molecule has 0 radical (unpaired) electrons. The van der Waals surface area contributed by atoms with E-state index < -0.39 is 6.10 Å². The molecule has 5 heteroatoms. The smallest absolute Gasteiger partial charge is 0.251 e. The fourth-order valence-corrected chi connectivity index (χ4v) is 2.40. The summed E-state index contributed by atoms with van der Waals surface area (Å²) in [5.41, 5.74) is 6.66. The molecule has 1 saturated carbocycles. The molecule has 4 N–H and O–H groups in total. The average Bonchev–Trinajstić information content (AvgIpc) is 2.40. The first-order chi connectivity index (χ1) is 9.10. The Hall–Kier alpha value is -1.75. The van der Waals surface area contributed by atoms with Crippen LogP contribution in [0.1, 0.15) is 36.0 Å². The van der Waals surface area contributed by atoms with Crippen LogP contribution >= 0.6 is 0 Å². The summed E-state index contributed by atoms with van der Waals surface area (Å²) in [6, 6.07) is 4.73. The average molecular weight is 264 g/mol. The Morgan fingerprint density at radius 3 is 2.79 bits per heavy atom. The molecule has 1 amide bonds. The summed E-state index contributed by atoms with van der Waals surface area (Å²) < 4.78 is 5.09. The first kappa shape index (κ1) is 13.7. The minimum Gasteiger partial charge on any atom is -0.497 e. The number of anilines is 1. The normalized spacial score (nSPS) is 22.8. The quantitative estimate of drug-likeness (QED) is 0.719. The van der Waals surface area contributed by atoms with Crippen LogP contribution in [0.3, 0.4) is 0 Å². The molecule has 2 atom stereocenters. The summed E-state index contributed by atoms with van der Waals surface area (Å²) in [6.45, 7) is 0. The Kier molecular flexibility index (Phi) is 4.27. The molecule has 0 spiro atoms. The van der Waals surface area contributed by atoms with E-state index in [4.69, 9.17) is 10.5 Å². The number of benzene rings is 1. The van der Waals surface area contributed by atoms with Gasteiger partial charge in [-0.05, 0) is 25.0 Å². The van der Waals surface area contributed by atoms with E-state index in [0.29, 0.717) is 17.0 Å². The van der Waals surface area contributed by atoms with Crippen molar-refractivity contribution < 1.29 is 14.6 Å². The number of aliphatic hydroxyl groups excluding tert-OH is 1. The highest BCUT2D eigenvalue weighted by Crippen LogP contribution is 2.21. The van der Waals surface area contributed by atoms with Gasteiger partial charge in [0.25, 0.3) is 5.91 Å². The van der Waals surface area contributed by atoms with Crippen molar-refractivity contribution in [1.82, 2.24) is 5.32 Å². The molecule has 5 nitrogen and oxygen atoms in total. The maximum absolute atomic E-state index is 12.1. The number of carbonyl (C=O) groups excluding carboxylic acids is 1. The lowest BCUT2D eigenvalue weighted by Gasteiger charge is -2.28. The van der Waals surface area contributed by atoms with E-state index in [2.05, 4.69) is 5.32 Å². The molecule has 2 rings (SSSR count). The third-order valence-corrected chi connectivity index (χ3v) is 3.47. The molecule has 1 fully saturated rings. The Morgan fingerprint density at radius 2 is 2.11 bits per heavy atom. The van der Waals surface area contributed by atoms with Crippen LogP contribution in [0.4, 0.5) is 5.69 Å². The van der Waals surface area contributed by atoms with Gasteiger partial charge >= 0.3 is 0 Å². The zero-order chi connectivity index (χ0) is 13.8. The van der Waals surface area contributed by atoms with Crippen molar-refractivity contribution in [2.24, 2.45) is 0 Å². The van der Waals surface area contributed by atoms with E-state index >= 15 is 0 Å². The van der Waals surface area contributed by atoms with Crippen LogP contribution in [-0.4, -0.2) is 30.3 Å². The molecular weight excluding hydrogens is 244 g/mol. The van der Waals surface area contributed by atoms with Crippen molar-refractivity contribution in [3.05, 3.63) is 23.8 Å². The van der Waals surface area contributed by atoms with Crippen LogP contribution in [0, 0.1) is 0 Å². The molecule has 0 bridgehead atoms. The topological polar surface area (TPSA) is 84.6 Å². The van der Waals surface area contributed by atoms with E-state index in [1.54, 1.807) is 18.2 Å². The summed E-state index contributed by atoms with van der Waals surface area (Å²) in [4.78, 5) is 12.1. The molecule has 1 aliphatic rings. The maximum Gasteiger partial charge on any atom is 0.251 e. The number of methoxy groups -OCH3 is 1. The molecule has 1 aromatic carbocycles. The van der Waals surface area contributed by atoms with Crippen molar-refractivity contribution in [3.8, 4) is 5.75 Å². The van der Waals surface area contributed by atoms with Crippen molar-refractivity contribution >= 4 is 11.6 Å². The molecule has 0 heterocycles. The van der Waals surface area contributed by atoms with Crippen LogP contribution < -0.4 is 15.8 Å². The monoisotopic (exact) mass is 264 g/mol. The number of nitrogens with two attached hydrogens (primary N) is 1. The second-order valence-electron chi connectivity index (χ2n) is 4.93. The minimum atomic E-state index is -0.458. The number of ether oxygens (including phenoxy) is 1. The zero-order valence-electron chi connectivity index (χ0n) is 11.1. The molecule has 1 aliphatic carbocycles. The Labute approximate surface area is 112 Å². The highest BCUT2D eigenvalue weighted by Gasteiger charge is 2.25. The molecular formula is C14H20N2O3. The van der Waals surface area contributed by atoms with Gasteiger partial charge < -0.3 is 20.9 Å². The van der Waals surface area contributed by atoms with Crippen LogP contribution in [0.2, 0.25) is 0 Å². The van der Waals surface area contributed by atoms with Crippen molar-refractivity contribution in [2.45, 2.75) is 37.8 Å². The van der Waals surface area contributed by atoms with Gasteiger partial charge in [-0.2, -0.15) is 0 Å². The molecule has 0 aliphatic heterocycles. The molecule has 2 unspecified atom stereocenters. The van der Waals surface area contributed by atoms with Gasteiger partial charge in [-0.3, -0.25) is 4.79 Å². The lowest BCUT2D eigenvalue weighted by atomic mass is 9.92. The second-order valence-corrected chi connectivity index (χ2v) is 4.93. The van der Waals surface area contributed by atoms with E-state index in [1.165, 1.54) is 7.11 Å². The molecule has 0 aromatic heterocycles. The number of rotatable bonds is 3. The van der Waals surface area contributed by atoms with E-state index in [1.807, 2.05) is 0 Å². The SMILES string of the molecule is COc1cc(N)cc(C(=O)NC2CCCCC2O)c1. The number of aliphatic hydroxyl groups is 1. The lowest BCUT2D eigenvalue weighted by molar-refractivity contribution is 0.0717. The Bertz CT molecular complexity index is 462. The van der Waals surface area contributed by atoms with Crippen molar-refractivity contribution in [2.75, 3.05) is 12.8 Å². The first-order valence-electron chi connectivity index (χ1n) is 6.53. The van der Waals surface area contributed by atoms with Crippen LogP contribution in [0.5, 0.6) is 5.75 Å². The van der Waals surface area contributed by atoms with E-state index in [0.717, 1.165) is 25.7 Å². The van der Waals surface area contributed by atoms with E-state index in [9.17, 15) is 9.90 Å². The summed E-state index contributed by atoms with van der Waals surface area (Å²) in [5.74, 6) is 0.325. The van der Waals surface area contributed by atoms with Crippen molar-refractivity contribution in [1.29, 1.82) is 0 Å². The number of hydrogen-bond acceptors (Lipinski definition) is 4. The second kappa shape index (κ2) is 5.93. The van der Waals surface area contributed by atoms with Crippen LogP contribution in [0.15, 0.2) is 18.2 Å². The largest absolute Gasteiger partial charge is 0.497 e. The van der Waals surface area contributed by atoms with Gasteiger partial charge in [-0.25, -0.2) is 0 Å². The fraction of sp³-hybridized carbons (Fsp3) is 0.500. The third-order valence-electron chi connectivity index (χ3n) is 3.47. The summed E-state index contributed by atoms with van der Waals surface area (Å²) in [5, 5.41) is 12.7. The van der Waals surface area contributed by atoms with Gasteiger partial charge in [-0.1, -0.05) is 12.8 Å².